The maximum Gasteiger partial charge on any atom is 0.492 e. The highest BCUT2D eigenvalue weighted by Crippen LogP contribution is 2.38. The first-order valence-corrected chi connectivity index (χ1v) is 7.10. The normalized spacial score (nSPS) is 20.7. The predicted molar refractivity (Wildman–Crippen MR) is 84.1 cm³/mol. The summed E-state index contributed by atoms with van der Waals surface area (Å²) in [5, 5.41) is 9.64. The SMILES string of the molecule is COc1ccc(C=C(CO)B2OC(C)(C)C(C)(C)O2)cc1. The summed E-state index contributed by atoms with van der Waals surface area (Å²) in [5.41, 5.74) is 0.853. The van der Waals surface area contributed by atoms with Gasteiger partial charge in [-0.15, -0.1) is 0 Å². The van der Waals surface area contributed by atoms with Crippen LogP contribution < -0.4 is 4.74 Å². The van der Waals surface area contributed by atoms with Gasteiger partial charge in [-0.25, -0.2) is 0 Å². The third-order valence-electron chi connectivity index (χ3n) is 4.21. The standard InChI is InChI=1S/C16H23BO4/c1-15(2)16(3,4)21-17(20-15)13(11-18)10-12-6-8-14(19-5)9-7-12/h6-10,18H,11H2,1-5H3. The molecule has 0 aromatic heterocycles. The quantitative estimate of drug-likeness (QED) is 0.866. The lowest BCUT2D eigenvalue weighted by Crippen LogP contribution is -2.41. The zero-order valence-electron chi connectivity index (χ0n) is 13.3. The van der Waals surface area contributed by atoms with Crippen molar-refractivity contribution in [2.75, 3.05) is 13.7 Å². The van der Waals surface area contributed by atoms with Gasteiger partial charge in [0.15, 0.2) is 0 Å². The van der Waals surface area contributed by atoms with E-state index in [4.69, 9.17) is 14.0 Å². The second kappa shape index (κ2) is 5.83. The maximum atomic E-state index is 9.64. The van der Waals surface area contributed by atoms with Gasteiger partial charge >= 0.3 is 7.12 Å². The van der Waals surface area contributed by atoms with Crippen LogP contribution in [-0.4, -0.2) is 37.1 Å². The van der Waals surface area contributed by atoms with Crippen LogP contribution in [0.5, 0.6) is 5.75 Å². The van der Waals surface area contributed by atoms with Gasteiger partial charge in [-0.3, -0.25) is 0 Å². The molecule has 1 aliphatic rings. The fourth-order valence-corrected chi connectivity index (χ4v) is 2.10. The van der Waals surface area contributed by atoms with Crippen LogP contribution in [-0.2, 0) is 9.31 Å². The summed E-state index contributed by atoms with van der Waals surface area (Å²) in [4.78, 5) is 0. The summed E-state index contributed by atoms with van der Waals surface area (Å²) < 4.78 is 17.1. The molecule has 1 aromatic rings. The van der Waals surface area contributed by atoms with Crippen molar-refractivity contribution in [1.29, 1.82) is 0 Å². The molecule has 114 valence electrons. The van der Waals surface area contributed by atoms with Crippen LogP contribution in [0.3, 0.4) is 0 Å². The summed E-state index contributed by atoms with van der Waals surface area (Å²) in [6, 6.07) is 7.62. The summed E-state index contributed by atoms with van der Waals surface area (Å²) in [7, 11) is 1.11. The molecule has 5 heteroatoms. The molecular weight excluding hydrogens is 267 g/mol. The van der Waals surface area contributed by atoms with E-state index in [2.05, 4.69) is 0 Å². The molecule has 21 heavy (non-hydrogen) atoms. The molecule has 0 saturated carbocycles. The molecule has 0 bridgehead atoms. The molecule has 0 unspecified atom stereocenters. The lowest BCUT2D eigenvalue weighted by Gasteiger charge is -2.32. The Labute approximate surface area is 126 Å². The van der Waals surface area contributed by atoms with E-state index in [9.17, 15) is 5.11 Å². The summed E-state index contributed by atoms with van der Waals surface area (Å²) >= 11 is 0. The van der Waals surface area contributed by atoms with E-state index in [1.54, 1.807) is 7.11 Å². The Balaban J connectivity index is 2.22. The molecule has 1 aromatic carbocycles. The average Bonchev–Trinajstić information content (AvgIpc) is 2.65. The molecule has 1 heterocycles. The van der Waals surface area contributed by atoms with Crippen LogP contribution in [0.15, 0.2) is 29.7 Å². The van der Waals surface area contributed by atoms with Crippen LogP contribution >= 0.6 is 0 Å². The van der Waals surface area contributed by atoms with Crippen molar-refractivity contribution in [3.63, 3.8) is 0 Å². The number of aliphatic hydroxyl groups is 1. The van der Waals surface area contributed by atoms with E-state index in [-0.39, 0.29) is 6.61 Å². The minimum atomic E-state index is -0.526. The Hall–Kier alpha value is -1.30. The Morgan fingerprint density at radius 3 is 2.10 bits per heavy atom. The number of hydrogen-bond acceptors (Lipinski definition) is 4. The molecule has 4 nitrogen and oxygen atoms in total. The molecule has 0 radical (unpaired) electrons. The van der Waals surface area contributed by atoms with Crippen molar-refractivity contribution < 1.29 is 19.2 Å². The molecule has 1 aliphatic heterocycles. The molecule has 2 rings (SSSR count). The average molecular weight is 290 g/mol. The lowest BCUT2D eigenvalue weighted by atomic mass is 9.77. The highest BCUT2D eigenvalue weighted by Gasteiger charge is 2.52. The van der Waals surface area contributed by atoms with Gasteiger partial charge in [0.25, 0.3) is 0 Å². The van der Waals surface area contributed by atoms with E-state index >= 15 is 0 Å². The number of ether oxygens (including phenoxy) is 1. The molecule has 0 spiro atoms. The van der Waals surface area contributed by atoms with Gasteiger partial charge in [0.1, 0.15) is 5.75 Å². The molecule has 0 amide bonds. The third kappa shape index (κ3) is 3.31. The Morgan fingerprint density at radius 1 is 1.14 bits per heavy atom. The van der Waals surface area contributed by atoms with Crippen LogP contribution in [0.1, 0.15) is 33.3 Å². The van der Waals surface area contributed by atoms with Gasteiger partial charge in [-0.1, -0.05) is 18.2 Å². The monoisotopic (exact) mass is 290 g/mol. The minimum Gasteiger partial charge on any atom is -0.497 e. The van der Waals surface area contributed by atoms with Gasteiger partial charge in [-0.05, 0) is 50.9 Å². The number of hydrogen-bond donors (Lipinski definition) is 1. The van der Waals surface area contributed by atoms with Crippen LogP contribution in [0.4, 0.5) is 0 Å². The first-order valence-electron chi connectivity index (χ1n) is 7.10. The molecule has 0 aliphatic carbocycles. The van der Waals surface area contributed by atoms with E-state index in [0.717, 1.165) is 11.3 Å². The zero-order valence-corrected chi connectivity index (χ0v) is 13.3. The first kappa shape index (κ1) is 16.1. The van der Waals surface area contributed by atoms with Crippen LogP contribution in [0, 0.1) is 0 Å². The smallest absolute Gasteiger partial charge is 0.492 e. The molecule has 1 N–H and O–H groups in total. The van der Waals surface area contributed by atoms with Crippen LogP contribution in [0.25, 0.3) is 6.08 Å². The largest absolute Gasteiger partial charge is 0.497 e. The van der Waals surface area contributed by atoms with Crippen molar-refractivity contribution in [3.8, 4) is 5.75 Å². The van der Waals surface area contributed by atoms with E-state index in [1.807, 2.05) is 58.0 Å². The third-order valence-corrected chi connectivity index (χ3v) is 4.21. The molecular formula is C16H23BO4. The van der Waals surface area contributed by atoms with Crippen molar-refractivity contribution in [2.45, 2.75) is 38.9 Å². The van der Waals surface area contributed by atoms with Gasteiger partial charge in [0.2, 0.25) is 0 Å². The predicted octanol–water partition coefficient (Wildman–Crippen LogP) is 2.70. The van der Waals surface area contributed by atoms with Crippen LogP contribution in [0.2, 0.25) is 0 Å². The van der Waals surface area contributed by atoms with Crippen molar-refractivity contribution in [2.24, 2.45) is 0 Å². The zero-order chi connectivity index (χ0) is 15.7. The molecule has 0 atom stereocenters. The number of rotatable bonds is 4. The summed E-state index contributed by atoms with van der Waals surface area (Å²) in [6.07, 6.45) is 1.89. The molecule has 1 fully saturated rings. The van der Waals surface area contributed by atoms with Crippen molar-refractivity contribution in [3.05, 3.63) is 35.3 Å². The van der Waals surface area contributed by atoms with E-state index < -0.39 is 18.3 Å². The number of aliphatic hydroxyl groups excluding tert-OH is 1. The maximum absolute atomic E-state index is 9.64. The number of benzene rings is 1. The summed E-state index contributed by atoms with van der Waals surface area (Å²) in [5.74, 6) is 0.799. The van der Waals surface area contributed by atoms with E-state index in [0.29, 0.717) is 5.47 Å². The Morgan fingerprint density at radius 2 is 1.67 bits per heavy atom. The van der Waals surface area contributed by atoms with Gasteiger partial charge in [0.05, 0.1) is 24.9 Å². The topological polar surface area (TPSA) is 47.9 Å². The summed E-state index contributed by atoms with van der Waals surface area (Å²) in [6.45, 7) is 7.87. The fourth-order valence-electron chi connectivity index (χ4n) is 2.10. The fraction of sp³-hybridized carbons (Fsp3) is 0.500. The lowest BCUT2D eigenvalue weighted by molar-refractivity contribution is 0.00578. The van der Waals surface area contributed by atoms with Crippen molar-refractivity contribution in [1.82, 2.24) is 0 Å². The van der Waals surface area contributed by atoms with Crippen molar-refractivity contribution >= 4 is 13.2 Å². The number of methoxy groups -OCH3 is 1. The van der Waals surface area contributed by atoms with Gasteiger partial charge in [-0.2, -0.15) is 0 Å². The highest BCUT2D eigenvalue weighted by molar-refractivity contribution is 6.55. The molecule has 1 saturated heterocycles. The highest BCUT2D eigenvalue weighted by atomic mass is 16.7. The van der Waals surface area contributed by atoms with E-state index in [1.165, 1.54) is 0 Å². The first-order chi connectivity index (χ1) is 9.79. The second-order valence-electron chi connectivity index (χ2n) is 6.24. The second-order valence-corrected chi connectivity index (χ2v) is 6.24. The Bertz CT molecular complexity index is 504. The minimum absolute atomic E-state index is 0.108. The van der Waals surface area contributed by atoms with Gasteiger partial charge in [0, 0.05) is 0 Å². The van der Waals surface area contributed by atoms with Gasteiger partial charge < -0.3 is 19.2 Å². The Kier molecular flexibility index (Phi) is 4.47.